The zero-order chi connectivity index (χ0) is 20.8. The van der Waals surface area contributed by atoms with Gasteiger partial charge in [-0.1, -0.05) is 13.8 Å². The first-order chi connectivity index (χ1) is 13.7. The highest BCUT2D eigenvalue weighted by molar-refractivity contribution is 6.04. The first-order valence-electron chi connectivity index (χ1n) is 10.3. The second-order valence-electron chi connectivity index (χ2n) is 9.11. The highest BCUT2D eigenvalue weighted by Gasteiger charge is 2.44. The summed E-state index contributed by atoms with van der Waals surface area (Å²) in [5.74, 6) is 0.441. The monoisotopic (exact) mass is 399 g/mol. The number of dihydropyridines is 1. The molecule has 2 aliphatic heterocycles. The Bertz CT molecular complexity index is 898. The molecule has 3 aliphatic rings. The minimum atomic E-state index is -0.541. The average Bonchev–Trinajstić information content (AvgIpc) is 3.28. The lowest BCUT2D eigenvalue weighted by atomic mass is 9.69. The third-order valence-electron chi connectivity index (χ3n) is 5.93. The van der Waals surface area contributed by atoms with E-state index in [1.165, 1.54) is 0 Å². The Labute approximate surface area is 171 Å². The fourth-order valence-corrected chi connectivity index (χ4v) is 4.62. The molecule has 4 rings (SSSR count). The number of aryl methyl sites for hydroxylation is 1. The first-order valence-corrected chi connectivity index (χ1v) is 10.3. The van der Waals surface area contributed by atoms with Crippen LogP contribution in [-0.4, -0.2) is 31.1 Å². The molecular weight excluding hydrogens is 370 g/mol. The van der Waals surface area contributed by atoms with Crippen molar-refractivity contribution in [3.63, 3.8) is 0 Å². The highest BCUT2D eigenvalue weighted by Crippen LogP contribution is 2.47. The van der Waals surface area contributed by atoms with E-state index in [-0.39, 0.29) is 23.9 Å². The maximum Gasteiger partial charge on any atom is 0.336 e. The number of Topliss-reactive ketones (excluding diaryl/α,β-unsaturated/α-hetero) is 1. The van der Waals surface area contributed by atoms with Gasteiger partial charge < -0.3 is 19.2 Å². The van der Waals surface area contributed by atoms with Crippen LogP contribution in [0.3, 0.4) is 0 Å². The number of ketones is 1. The van der Waals surface area contributed by atoms with Crippen LogP contribution in [0.1, 0.15) is 63.9 Å². The number of carbonyl (C=O) groups is 2. The average molecular weight is 399 g/mol. The molecule has 0 bridgehead atoms. The van der Waals surface area contributed by atoms with E-state index in [1.807, 2.05) is 26.0 Å². The normalized spacial score (nSPS) is 26.4. The summed E-state index contributed by atoms with van der Waals surface area (Å²) in [4.78, 5) is 26.3. The van der Waals surface area contributed by atoms with Crippen molar-refractivity contribution in [3.8, 4) is 0 Å². The molecule has 1 aromatic heterocycles. The quantitative estimate of drug-likeness (QED) is 0.774. The molecule has 0 aromatic carbocycles. The fraction of sp³-hybridized carbons (Fsp3) is 0.565. The summed E-state index contributed by atoms with van der Waals surface area (Å²) in [6.07, 6.45) is 3.03. The van der Waals surface area contributed by atoms with Crippen LogP contribution in [0.25, 0.3) is 0 Å². The zero-order valence-electron chi connectivity index (χ0n) is 17.6. The smallest absolute Gasteiger partial charge is 0.336 e. The van der Waals surface area contributed by atoms with Crippen molar-refractivity contribution in [1.29, 1.82) is 0 Å². The topological polar surface area (TPSA) is 77.8 Å². The van der Waals surface area contributed by atoms with Crippen molar-refractivity contribution < 1.29 is 23.5 Å². The van der Waals surface area contributed by atoms with Crippen molar-refractivity contribution >= 4 is 11.8 Å². The Balaban J connectivity index is 1.69. The number of esters is 1. The van der Waals surface area contributed by atoms with Crippen LogP contribution in [0.2, 0.25) is 0 Å². The summed E-state index contributed by atoms with van der Waals surface area (Å²) in [5, 5.41) is 3.33. The lowest BCUT2D eigenvalue weighted by Gasteiger charge is -2.38. The van der Waals surface area contributed by atoms with E-state index in [1.54, 1.807) is 0 Å². The number of allylic oxidation sites excluding steroid dienone is 3. The number of ether oxygens (including phenoxy) is 2. The Morgan fingerprint density at radius 2 is 2.07 bits per heavy atom. The lowest BCUT2D eigenvalue weighted by molar-refractivity contribution is -0.142. The van der Waals surface area contributed by atoms with Crippen molar-refractivity contribution in [1.82, 2.24) is 5.32 Å². The van der Waals surface area contributed by atoms with Gasteiger partial charge in [0.1, 0.15) is 18.1 Å². The summed E-state index contributed by atoms with van der Waals surface area (Å²) >= 11 is 0. The van der Waals surface area contributed by atoms with E-state index in [2.05, 4.69) is 19.2 Å². The van der Waals surface area contributed by atoms with Gasteiger partial charge in [-0.25, -0.2) is 4.79 Å². The molecule has 156 valence electrons. The van der Waals surface area contributed by atoms with E-state index in [0.717, 1.165) is 30.7 Å². The second-order valence-corrected chi connectivity index (χ2v) is 9.11. The number of hydrogen-bond acceptors (Lipinski definition) is 6. The van der Waals surface area contributed by atoms with Gasteiger partial charge in [-0.15, -0.1) is 0 Å². The van der Waals surface area contributed by atoms with Gasteiger partial charge in [0.25, 0.3) is 0 Å². The van der Waals surface area contributed by atoms with Gasteiger partial charge in [0.15, 0.2) is 5.78 Å². The van der Waals surface area contributed by atoms with Gasteiger partial charge >= 0.3 is 5.97 Å². The summed E-state index contributed by atoms with van der Waals surface area (Å²) < 4.78 is 17.1. The molecule has 0 radical (unpaired) electrons. The predicted molar refractivity (Wildman–Crippen MR) is 107 cm³/mol. The molecule has 2 atom stereocenters. The third kappa shape index (κ3) is 3.90. The van der Waals surface area contributed by atoms with Crippen LogP contribution in [0.15, 0.2) is 39.1 Å². The molecule has 0 spiro atoms. The van der Waals surface area contributed by atoms with Crippen molar-refractivity contribution in [3.05, 3.63) is 46.2 Å². The van der Waals surface area contributed by atoms with E-state index in [0.29, 0.717) is 35.6 Å². The minimum absolute atomic E-state index is 0.0485. The summed E-state index contributed by atoms with van der Waals surface area (Å²) in [6, 6.07) is 3.71. The van der Waals surface area contributed by atoms with Crippen LogP contribution < -0.4 is 5.32 Å². The molecule has 6 nitrogen and oxygen atoms in total. The van der Waals surface area contributed by atoms with Gasteiger partial charge in [0.05, 0.1) is 17.6 Å². The molecule has 0 saturated carbocycles. The number of nitrogens with one attached hydrogen (secondary N) is 1. The van der Waals surface area contributed by atoms with Crippen molar-refractivity contribution in [2.75, 3.05) is 13.2 Å². The highest BCUT2D eigenvalue weighted by atomic mass is 16.6. The van der Waals surface area contributed by atoms with E-state index < -0.39 is 11.9 Å². The molecule has 1 saturated heterocycles. The Morgan fingerprint density at radius 1 is 1.28 bits per heavy atom. The molecule has 3 heterocycles. The van der Waals surface area contributed by atoms with Gasteiger partial charge in [0.2, 0.25) is 0 Å². The van der Waals surface area contributed by atoms with Crippen LogP contribution in [-0.2, 0) is 19.1 Å². The van der Waals surface area contributed by atoms with E-state index in [9.17, 15) is 9.59 Å². The molecule has 0 unspecified atom stereocenters. The summed E-state index contributed by atoms with van der Waals surface area (Å²) in [6.45, 7) is 8.84. The van der Waals surface area contributed by atoms with Crippen LogP contribution in [0.4, 0.5) is 0 Å². The summed E-state index contributed by atoms with van der Waals surface area (Å²) in [7, 11) is 0. The Morgan fingerprint density at radius 3 is 2.72 bits per heavy atom. The SMILES string of the molecule is CC1=C(C(=O)OC[C@@H]2CCCO2)[C@H](c2ccc(C)o2)C2=C(CC(C)(C)CC2=O)N1. The Hall–Kier alpha value is -2.34. The number of furan rings is 1. The van der Waals surface area contributed by atoms with E-state index >= 15 is 0 Å². The predicted octanol–water partition coefficient (Wildman–Crippen LogP) is 3.91. The number of hydrogen-bond donors (Lipinski definition) is 1. The van der Waals surface area contributed by atoms with Gasteiger partial charge in [-0.05, 0) is 50.7 Å². The van der Waals surface area contributed by atoms with Gasteiger partial charge in [-0.2, -0.15) is 0 Å². The fourth-order valence-electron chi connectivity index (χ4n) is 4.62. The number of carbonyl (C=O) groups excluding carboxylic acids is 2. The van der Waals surface area contributed by atoms with Crippen LogP contribution >= 0.6 is 0 Å². The zero-order valence-corrected chi connectivity index (χ0v) is 17.6. The minimum Gasteiger partial charge on any atom is -0.465 e. The molecule has 6 heteroatoms. The maximum atomic E-state index is 13.1. The molecule has 1 aromatic rings. The Kier molecular flexibility index (Phi) is 5.15. The van der Waals surface area contributed by atoms with Gasteiger partial charge in [0, 0.05) is 30.0 Å². The summed E-state index contributed by atoms with van der Waals surface area (Å²) in [5.41, 5.74) is 2.56. The van der Waals surface area contributed by atoms with Crippen molar-refractivity contribution in [2.24, 2.45) is 5.41 Å². The molecular formula is C23H29NO5. The third-order valence-corrected chi connectivity index (χ3v) is 5.93. The molecule has 0 amide bonds. The van der Waals surface area contributed by atoms with Crippen LogP contribution in [0, 0.1) is 12.3 Å². The van der Waals surface area contributed by atoms with Crippen LogP contribution in [0.5, 0.6) is 0 Å². The molecule has 1 N–H and O–H groups in total. The molecule has 1 fully saturated rings. The second kappa shape index (κ2) is 7.48. The first kappa shape index (κ1) is 20.0. The van der Waals surface area contributed by atoms with Gasteiger partial charge in [-0.3, -0.25) is 4.79 Å². The molecule has 29 heavy (non-hydrogen) atoms. The lowest BCUT2D eigenvalue weighted by Crippen LogP contribution is -2.38. The molecule has 1 aliphatic carbocycles. The van der Waals surface area contributed by atoms with Crippen molar-refractivity contribution in [2.45, 2.75) is 65.4 Å². The largest absolute Gasteiger partial charge is 0.465 e. The number of rotatable bonds is 4. The standard InChI is InChI=1S/C23H29NO5/c1-13-7-8-18(29-13)21-19(22(26)28-12-15-6-5-9-27-15)14(2)24-16-10-23(3,4)11-17(25)20(16)21/h7-8,15,21,24H,5-6,9-12H2,1-4H3/t15-,21-/m0/s1. The van der Waals surface area contributed by atoms with E-state index in [4.69, 9.17) is 13.9 Å². The maximum absolute atomic E-state index is 13.1.